The summed E-state index contributed by atoms with van der Waals surface area (Å²) in [7, 11) is 1.63. The number of para-hydroxylation sites is 1. The second-order valence-electron chi connectivity index (χ2n) is 7.79. The number of ether oxygens (including phenoxy) is 1. The van der Waals surface area contributed by atoms with Gasteiger partial charge in [0, 0.05) is 29.6 Å². The molecule has 0 fully saturated rings. The molecule has 1 aliphatic heterocycles. The Hall–Kier alpha value is -3.04. The van der Waals surface area contributed by atoms with Gasteiger partial charge in [-0.05, 0) is 38.0 Å². The van der Waals surface area contributed by atoms with E-state index in [1.165, 1.54) is 10.4 Å². The van der Waals surface area contributed by atoms with Crippen molar-refractivity contribution in [3.8, 4) is 5.75 Å². The van der Waals surface area contributed by atoms with Crippen LogP contribution in [0.2, 0.25) is 0 Å². The number of rotatable bonds is 6. The van der Waals surface area contributed by atoms with E-state index in [1.54, 1.807) is 35.5 Å². The first-order valence-electron chi connectivity index (χ1n) is 10.3. The van der Waals surface area contributed by atoms with Gasteiger partial charge >= 0.3 is 0 Å². The van der Waals surface area contributed by atoms with Gasteiger partial charge in [-0.3, -0.25) is 4.90 Å². The Bertz CT molecular complexity index is 1260. The van der Waals surface area contributed by atoms with Gasteiger partial charge in [0.2, 0.25) is 0 Å². The second kappa shape index (κ2) is 8.24. The lowest BCUT2D eigenvalue weighted by molar-refractivity contribution is 0.126. The number of benzene rings is 1. The average molecular weight is 437 g/mol. The lowest BCUT2D eigenvalue weighted by atomic mass is 10.0. The molecule has 31 heavy (non-hydrogen) atoms. The van der Waals surface area contributed by atoms with Crippen LogP contribution in [0.25, 0.3) is 15.9 Å². The highest BCUT2D eigenvalue weighted by molar-refractivity contribution is 7.19. The van der Waals surface area contributed by atoms with E-state index in [0.29, 0.717) is 11.9 Å². The Morgan fingerprint density at radius 3 is 3.00 bits per heavy atom. The second-order valence-corrected chi connectivity index (χ2v) is 8.87. The molecule has 1 aliphatic rings. The van der Waals surface area contributed by atoms with Crippen molar-refractivity contribution in [3.63, 3.8) is 0 Å². The minimum atomic E-state index is 0.183. The Labute approximate surface area is 184 Å². The molecule has 0 saturated heterocycles. The standard InChI is InChI=1S/C22H24N6O2S/c1-14(2)27-9-8-16-18(11-27)31-22-20(16)21-25-19(26-28(21)13-23-22)12-30-24-10-15-6-4-5-7-17(15)29-3/h4-7,10,13-14H,8-9,11-12H2,1-3H3. The molecule has 0 unspecified atom stereocenters. The number of thiophene rings is 1. The van der Waals surface area contributed by atoms with Gasteiger partial charge in [0.15, 0.2) is 18.1 Å². The van der Waals surface area contributed by atoms with Crippen molar-refractivity contribution in [3.05, 3.63) is 52.4 Å². The summed E-state index contributed by atoms with van der Waals surface area (Å²) < 4.78 is 7.06. The monoisotopic (exact) mass is 436 g/mol. The summed E-state index contributed by atoms with van der Waals surface area (Å²) in [6, 6.07) is 8.17. The van der Waals surface area contributed by atoms with E-state index in [4.69, 9.17) is 14.6 Å². The largest absolute Gasteiger partial charge is 0.496 e. The number of hydrogen-bond donors (Lipinski definition) is 0. The number of hydrogen-bond acceptors (Lipinski definition) is 8. The van der Waals surface area contributed by atoms with E-state index in [-0.39, 0.29) is 6.61 Å². The van der Waals surface area contributed by atoms with E-state index < -0.39 is 0 Å². The molecule has 5 rings (SSSR count). The van der Waals surface area contributed by atoms with Gasteiger partial charge < -0.3 is 9.57 Å². The van der Waals surface area contributed by atoms with Crippen molar-refractivity contribution < 1.29 is 9.57 Å². The Kier molecular flexibility index (Phi) is 5.29. The summed E-state index contributed by atoms with van der Waals surface area (Å²) in [6.45, 7) is 6.70. The van der Waals surface area contributed by atoms with E-state index in [9.17, 15) is 0 Å². The van der Waals surface area contributed by atoms with Gasteiger partial charge in [-0.1, -0.05) is 17.3 Å². The van der Waals surface area contributed by atoms with E-state index >= 15 is 0 Å². The van der Waals surface area contributed by atoms with Gasteiger partial charge in [-0.2, -0.15) is 0 Å². The summed E-state index contributed by atoms with van der Waals surface area (Å²) in [5, 5.41) is 9.70. The Morgan fingerprint density at radius 1 is 1.29 bits per heavy atom. The van der Waals surface area contributed by atoms with Crippen LogP contribution in [0.3, 0.4) is 0 Å². The van der Waals surface area contributed by atoms with Crippen LogP contribution in [0.5, 0.6) is 5.75 Å². The highest BCUT2D eigenvalue weighted by atomic mass is 32.1. The predicted octanol–water partition coefficient (Wildman–Crippen LogP) is 3.66. The highest BCUT2D eigenvalue weighted by Crippen LogP contribution is 2.36. The molecule has 4 heterocycles. The van der Waals surface area contributed by atoms with Gasteiger partial charge in [-0.15, -0.1) is 16.4 Å². The van der Waals surface area contributed by atoms with Crippen molar-refractivity contribution in [1.82, 2.24) is 24.5 Å². The van der Waals surface area contributed by atoms with Crippen LogP contribution in [-0.4, -0.2) is 50.4 Å². The maximum atomic E-state index is 5.45. The molecule has 0 atom stereocenters. The topological polar surface area (TPSA) is 77.1 Å². The fraction of sp³-hybridized carbons (Fsp3) is 0.364. The molecule has 9 heteroatoms. The molecule has 0 saturated carbocycles. The summed E-state index contributed by atoms with van der Waals surface area (Å²) in [5.41, 5.74) is 3.05. The lowest BCUT2D eigenvalue weighted by Crippen LogP contribution is -2.35. The van der Waals surface area contributed by atoms with Gasteiger partial charge in [0.05, 0.1) is 18.7 Å². The van der Waals surface area contributed by atoms with Gasteiger partial charge in [-0.25, -0.2) is 14.5 Å². The molecular weight excluding hydrogens is 412 g/mol. The van der Waals surface area contributed by atoms with Crippen LogP contribution in [0.15, 0.2) is 35.7 Å². The van der Waals surface area contributed by atoms with Crippen LogP contribution in [-0.2, 0) is 24.4 Å². The number of nitrogens with zero attached hydrogens (tertiary/aromatic N) is 6. The van der Waals surface area contributed by atoms with Crippen LogP contribution in [0.1, 0.15) is 35.7 Å². The van der Waals surface area contributed by atoms with Crippen LogP contribution in [0, 0.1) is 0 Å². The molecule has 0 aliphatic carbocycles. The van der Waals surface area contributed by atoms with Crippen molar-refractivity contribution in [2.45, 2.75) is 39.5 Å². The molecule has 8 nitrogen and oxygen atoms in total. The maximum Gasteiger partial charge on any atom is 0.192 e. The van der Waals surface area contributed by atoms with Crippen LogP contribution >= 0.6 is 11.3 Å². The molecule has 4 aromatic rings. The van der Waals surface area contributed by atoms with Gasteiger partial charge in [0.1, 0.15) is 16.9 Å². The minimum Gasteiger partial charge on any atom is -0.496 e. The number of methoxy groups -OCH3 is 1. The number of oxime groups is 1. The third-order valence-corrected chi connectivity index (χ3v) is 6.70. The van der Waals surface area contributed by atoms with Crippen molar-refractivity contribution in [1.29, 1.82) is 0 Å². The molecule has 0 amide bonds. The Balaban J connectivity index is 1.38. The maximum absolute atomic E-state index is 5.45. The molecule has 160 valence electrons. The molecule has 0 spiro atoms. The normalized spacial score (nSPS) is 14.7. The van der Waals surface area contributed by atoms with Crippen molar-refractivity contribution >= 4 is 33.4 Å². The van der Waals surface area contributed by atoms with E-state index in [2.05, 4.69) is 34.0 Å². The first-order valence-corrected chi connectivity index (χ1v) is 11.1. The molecule has 0 bridgehead atoms. The summed E-state index contributed by atoms with van der Waals surface area (Å²) in [5.74, 6) is 1.32. The fourth-order valence-corrected chi connectivity index (χ4v) is 5.13. The fourth-order valence-electron chi connectivity index (χ4n) is 3.92. The quantitative estimate of drug-likeness (QED) is 0.339. The first-order chi connectivity index (χ1) is 15.1. The smallest absolute Gasteiger partial charge is 0.192 e. The Morgan fingerprint density at radius 2 is 2.16 bits per heavy atom. The van der Waals surface area contributed by atoms with E-state index in [0.717, 1.165) is 46.7 Å². The summed E-state index contributed by atoms with van der Waals surface area (Å²) in [4.78, 5) is 19.7. The zero-order valence-corrected chi connectivity index (χ0v) is 18.6. The molecule has 3 aromatic heterocycles. The third-order valence-electron chi connectivity index (χ3n) is 5.58. The molecular formula is C22H24N6O2S. The molecule has 0 N–H and O–H groups in total. The van der Waals surface area contributed by atoms with Crippen molar-refractivity contribution in [2.75, 3.05) is 13.7 Å². The molecule has 0 radical (unpaired) electrons. The number of aromatic nitrogens is 4. The minimum absolute atomic E-state index is 0.183. The summed E-state index contributed by atoms with van der Waals surface area (Å²) >= 11 is 1.77. The zero-order valence-electron chi connectivity index (χ0n) is 17.8. The third kappa shape index (κ3) is 3.75. The van der Waals surface area contributed by atoms with Crippen LogP contribution < -0.4 is 4.74 Å². The highest BCUT2D eigenvalue weighted by Gasteiger charge is 2.25. The first kappa shape index (κ1) is 19.9. The zero-order chi connectivity index (χ0) is 21.4. The lowest BCUT2D eigenvalue weighted by Gasteiger charge is -2.30. The SMILES string of the molecule is COc1ccccc1C=NOCc1nc2c3c4c(sc3ncn2n1)CN(C(C)C)CC4. The summed E-state index contributed by atoms with van der Waals surface area (Å²) in [6.07, 6.45) is 4.37. The van der Waals surface area contributed by atoms with E-state index in [1.807, 2.05) is 24.3 Å². The number of fused-ring (bicyclic) bond motifs is 5. The predicted molar refractivity (Wildman–Crippen MR) is 121 cm³/mol. The van der Waals surface area contributed by atoms with Gasteiger partial charge in [0.25, 0.3) is 0 Å². The van der Waals surface area contributed by atoms with Crippen LogP contribution in [0.4, 0.5) is 0 Å². The van der Waals surface area contributed by atoms with Crippen molar-refractivity contribution in [2.24, 2.45) is 5.16 Å². The average Bonchev–Trinajstić information content (AvgIpc) is 3.36. The molecule has 1 aromatic carbocycles.